The maximum atomic E-state index is 12.7. The number of amides is 2. The smallest absolute Gasteiger partial charge is 0.253 e. The minimum absolute atomic E-state index is 0. The summed E-state index contributed by atoms with van der Waals surface area (Å²) in [5.74, 6) is -0.0558. The molecule has 0 spiro atoms. The van der Waals surface area contributed by atoms with Crippen LogP contribution in [0.4, 0.5) is 0 Å². The number of hydrogen-bond acceptors (Lipinski definition) is 3. The van der Waals surface area contributed by atoms with Gasteiger partial charge in [-0.25, -0.2) is 0 Å². The van der Waals surface area contributed by atoms with E-state index >= 15 is 0 Å². The van der Waals surface area contributed by atoms with Crippen molar-refractivity contribution in [2.24, 2.45) is 5.73 Å². The molecule has 1 fully saturated rings. The van der Waals surface area contributed by atoms with Crippen LogP contribution in [-0.4, -0.2) is 47.8 Å². The first-order chi connectivity index (χ1) is 12.6. The van der Waals surface area contributed by atoms with Gasteiger partial charge in [-0.2, -0.15) is 0 Å². The molecule has 0 aromatic heterocycles. The van der Waals surface area contributed by atoms with E-state index < -0.39 is 0 Å². The van der Waals surface area contributed by atoms with Crippen LogP contribution in [0.5, 0.6) is 0 Å². The maximum absolute atomic E-state index is 12.7. The molecule has 1 aliphatic rings. The van der Waals surface area contributed by atoms with Crippen molar-refractivity contribution in [3.8, 4) is 0 Å². The topological polar surface area (TPSA) is 66.6 Å². The molecule has 0 saturated carbocycles. The molecule has 2 aromatic rings. The lowest BCUT2D eigenvalue weighted by Crippen LogP contribution is -2.37. The molecule has 27 heavy (non-hydrogen) atoms. The number of nitrogens with zero attached hydrogens (tertiary/aromatic N) is 2. The molecule has 2 aromatic carbocycles. The summed E-state index contributed by atoms with van der Waals surface area (Å²) in [6.07, 6.45) is 0.749. The van der Waals surface area contributed by atoms with Gasteiger partial charge in [-0.15, -0.1) is 12.4 Å². The third-order valence-electron chi connectivity index (χ3n) is 4.58. The van der Waals surface area contributed by atoms with Crippen LogP contribution in [-0.2, 0) is 6.54 Å². The maximum Gasteiger partial charge on any atom is 0.253 e. The first-order valence-corrected chi connectivity index (χ1v) is 9.09. The summed E-state index contributed by atoms with van der Waals surface area (Å²) in [5, 5.41) is 0.545. The van der Waals surface area contributed by atoms with Gasteiger partial charge in [0.05, 0.1) is 0 Å². The predicted molar refractivity (Wildman–Crippen MR) is 109 cm³/mol. The first-order valence-electron chi connectivity index (χ1n) is 8.71. The predicted octanol–water partition coefficient (Wildman–Crippen LogP) is 3.21. The van der Waals surface area contributed by atoms with Gasteiger partial charge in [0.1, 0.15) is 0 Å². The molecule has 1 saturated heterocycles. The Kier molecular flexibility index (Phi) is 7.66. The van der Waals surface area contributed by atoms with Gasteiger partial charge in [-0.3, -0.25) is 9.59 Å². The van der Waals surface area contributed by atoms with Gasteiger partial charge in [0.15, 0.2) is 0 Å². The molecule has 1 aliphatic heterocycles. The SMILES string of the molecule is Cl.NCc1ccc(C(=O)N2CCCN(C(=O)c3cccc(Cl)c3)CC2)cc1. The summed E-state index contributed by atoms with van der Waals surface area (Å²) in [4.78, 5) is 29.0. The van der Waals surface area contributed by atoms with Gasteiger partial charge in [-0.05, 0) is 42.3 Å². The average molecular weight is 408 g/mol. The Labute approximate surface area is 170 Å². The van der Waals surface area contributed by atoms with E-state index in [4.69, 9.17) is 17.3 Å². The number of rotatable bonds is 3. The molecular formula is C20H23Cl2N3O2. The molecule has 0 unspecified atom stereocenters. The van der Waals surface area contributed by atoms with Gasteiger partial charge >= 0.3 is 0 Å². The van der Waals surface area contributed by atoms with Crippen LogP contribution < -0.4 is 5.73 Å². The molecule has 3 rings (SSSR count). The van der Waals surface area contributed by atoms with Gasteiger partial charge in [0.2, 0.25) is 0 Å². The molecule has 5 nitrogen and oxygen atoms in total. The molecule has 0 bridgehead atoms. The van der Waals surface area contributed by atoms with Crippen molar-refractivity contribution in [2.45, 2.75) is 13.0 Å². The Morgan fingerprint density at radius 2 is 1.48 bits per heavy atom. The van der Waals surface area contributed by atoms with Crippen LogP contribution >= 0.6 is 24.0 Å². The van der Waals surface area contributed by atoms with Crippen LogP contribution in [0.15, 0.2) is 48.5 Å². The number of nitrogens with two attached hydrogens (primary N) is 1. The highest BCUT2D eigenvalue weighted by Crippen LogP contribution is 2.15. The molecule has 144 valence electrons. The molecular weight excluding hydrogens is 385 g/mol. The third kappa shape index (κ3) is 5.22. The zero-order chi connectivity index (χ0) is 18.5. The van der Waals surface area contributed by atoms with E-state index in [1.165, 1.54) is 0 Å². The van der Waals surface area contributed by atoms with E-state index in [1.54, 1.807) is 29.2 Å². The molecule has 2 amide bonds. The van der Waals surface area contributed by atoms with E-state index in [2.05, 4.69) is 0 Å². The third-order valence-corrected chi connectivity index (χ3v) is 4.81. The zero-order valence-electron chi connectivity index (χ0n) is 14.9. The fourth-order valence-electron chi connectivity index (χ4n) is 3.09. The summed E-state index contributed by atoms with van der Waals surface area (Å²) in [5.41, 5.74) is 7.82. The lowest BCUT2D eigenvalue weighted by molar-refractivity contribution is 0.0719. The second-order valence-corrected chi connectivity index (χ2v) is 6.79. The number of carbonyl (C=O) groups is 2. The first kappa shape index (κ1) is 21.2. The fraction of sp³-hybridized carbons (Fsp3) is 0.300. The number of carbonyl (C=O) groups excluding carboxylic acids is 2. The Hall–Kier alpha value is -2.08. The molecule has 2 N–H and O–H groups in total. The fourth-order valence-corrected chi connectivity index (χ4v) is 3.28. The van der Waals surface area contributed by atoms with Crippen LogP contribution in [0.2, 0.25) is 5.02 Å². The number of hydrogen-bond donors (Lipinski definition) is 1. The van der Waals surface area contributed by atoms with E-state index in [0.29, 0.717) is 48.9 Å². The molecule has 0 aliphatic carbocycles. The number of benzene rings is 2. The highest BCUT2D eigenvalue weighted by Gasteiger charge is 2.23. The summed E-state index contributed by atoms with van der Waals surface area (Å²) in [7, 11) is 0. The van der Waals surface area contributed by atoms with Crippen molar-refractivity contribution in [3.05, 3.63) is 70.2 Å². The largest absolute Gasteiger partial charge is 0.337 e. The normalized spacial score (nSPS) is 14.3. The Morgan fingerprint density at radius 3 is 2.04 bits per heavy atom. The second-order valence-electron chi connectivity index (χ2n) is 6.35. The molecule has 1 heterocycles. The lowest BCUT2D eigenvalue weighted by atomic mass is 10.1. The van der Waals surface area contributed by atoms with E-state index in [0.717, 1.165) is 12.0 Å². The van der Waals surface area contributed by atoms with Crippen molar-refractivity contribution >= 4 is 35.8 Å². The van der Waals surface area contributed by atoms with Gasteiger partial charge < -0.3 is 15.5 Å². The van der Waals surface area contributed by atoms with Crippen molar-refractivity contribution in [1.29, 1.82) is 0 Å². The van der Waals surface area contributed by atoms with Crippen LogP contribution in [0.25, 0.3) is 0 Å². The van der Waals surface area contributed by atoms with Crippen molar-refractivity contribution in [3.63, 3.8) is 0 Å². The second kappa shape index (κ2) is 9.74. The highest BCUT2D eigenvalue weighted by molar-refractivity contribution is 6.30. The molecule has 0 radical (unpaired) electrons. The average Bonchev–Trinajstić information content (AvgIpc) is 2.93. The van der Waals surface area contributed by atoms with Crippen molar-refractivity contribution < 1.29 is 9.59 Å². The molecule has 0 atom stereocenters. The molecule has 7 heteroatoms. The summed E-state index contributed by atoms with van der Waals surface area (Å²) in [6, 6.07) is 14.3. The standard InChI is InChI=1S/C20H22ClN3O2.ClH/c21-18-4-1-3-17(13-18)20(26)24-10-2-9-23(11-12-24)19(25)16-7-5-15(14-22)6-8-16;/h1,3-8,13H,2,9-12,14,22H2;1H. The lowest BCUT2D eigenvalue weighted by Gasteiger charge is -2.22. The highest BCUT2D eigenvalue weighted by atomic mass is 35.5. The van der Waals surface area contributed by atoms with Crippen LogP contribution in [0, 0.1) is 0 Å². The van der Waals surface area contributed by atoms with Gasteiger partial charge in [0, 0.05) is 48.9 Å². The van der Waals surface area contributed by atoms with Crippen LogP contribution in [0.3, 0.4) is 0 Å². The summed E-state index contributed by atoms with van der Waals surface area (Å²) in [6.45, 7) is 2.75. The zero-order valence-corrected chi connectivity index (χ0v) is 16.5. The van der Waals surface area contributed by atoms with Gasteiger partial charge in [0.25, 0.3) is 11.8 Å². The van der Waals surface area contributed by atoms with E-state index in [9.17, 15) is 9.59 Å². The van der Waals surface area contributed by atoms with Crippen molar-refractivity contribution in [1.82, 2.24) is 9.80 Å². The van der Waals surface area contributed by atoms with Gasteiger partial charge in [-0.1, -0.05) is 29.8 Å². The Morgan fingerprint density at radius 1 is 0.889 bits per heavy atom. The van der Waals surface area contributed by atoms with E-state index in [1.807, 2.05) is 29.2 Å². The summed E-state index contributed by atoms with van der Waals surface area (Å²) < 4.78 is 0. The Balaban J connectivity index is 0.00000261. The van der Waals surface area contributed by atoms with Crippen molar-refractivity contribution in [2.75, 3.05) is 26.2 Å². The minimum atomic E-state index is -0.0471. The monoisotopic (exact) mass is 407 g/mol. The summed E-state index contributed by atoms with van der Waals surface area (Å²) >= 11 is 5.98. The van der Waals surface area contributed by atoms with Crippen LogP contribution in [0.1, 0.15) is 32.7 Å². The number of halogens is 2. The quantitative estimate of drug-likeness (QED) is 0.848. The van der Waals surface area contributed by atoms with E-state index in [-0.39, 0.29) is 24.2 Å². The minimum Gasteiger partial charge on any atom is -0.337 e. The Bertz CT molecular complexity index is 796.